The summed E-state index contributed by atoms with van der Waals surface area (Å²) in [4.78, 5) is 26.7. The van der Waals surface area contributed by atoms with Crippen molar-refractivity contribution in [2.24, 2.45) is 5.41 Å². The fourth-order valence-electron chi connectivity index (χ4n) is 3.91. The lowest BCUT2D eigenvalue weighted by molar-refractivity contribution is -0.154. The highest BCUT2D eigenvalue weighted by atomic mass is 16.5. The summed E-state index contributed by atoms with van der Waals surface area (Å²) in [6, 6.07) is 0. The number of likely N-dealkylation sites (tertiary alicyclic amines) is 1. The van der Waals surface area contributed by atoms with Gasteiger partial charge in [0, 0.05) is 31.6 Å². The molecule has 1 spiro atoms. The Morgan fingerprint density at radius 2 is 2.29 bits per heavy atom. The van der Waals surface area contributed by atoms with Crippen molar-refractivity contribution in [2.75, 3.05) is 19.6 Å². The van der Waals surface area contributed by atoms with Gasteiger partial charge in [-0.2, -0.15) is 0 Å². The molecule has 7 nitrogen and oxygen atoms in total. The van der Waals surface area contributed by atoms with Crippen LogP contribution < -0.4 is 5.32 Å². The van der Waals surface area contributed by atoms with E-state index >= 15 is 0 Å². The molecule has 132 valence electrons. The van der Waals surface area contributed by atoms with E-state index in [1.807, 2.05) is 13.8 Å². The van der Waals surface area contributed by atoms with Gasteiger partial charge in [-0.15, -0.1) is 0 Å². The Hall–Kier alpha value is -1.89. The molecule has 0 aliphatic carbocycles. The number of amides is 2. The molecule has 7 heteroatoms. The van der Waals surface area contributed by atoms with E-state index in [2.05, 4.69) is 10.5 Å². The van der Waals surface area contributed by atoms with Gasteiger partial charge < -0.3 is 19.8 Å². The fraction of sp³-hybridized carbons (Fsp3) is 0.706. The summed E-state index contributed by atoms with van der Waals surface area (Å²) in [7, 11) is 0. The van der Waals surface area contributed by atoms with Crippen LogP contribution >= 0.6 is 0 Å². The third-order valence-electron chi connectivity index (χ3n) is 5.44. The minimum absolute atomic E-state index is 0.0136. The van der Waals surface area contributed by atoms with Crippen LogP contribution in [0.5, 0.6) is 0 Å². The Labute approximate surface area is 141 Å². The van der Waals surface area contributed by atoms with Gasteiger partial charge in [0.15, 0.2) is 0 Å². The lowest BCUT2D eigenvalue weighted by atomic mass is 9.71. The van der Waals surface area contributed by atoms with E-state index in [-0.39, 0.29) is 11.8 Å². The Balaban J connectivity index is 1.66. The SMILES string of the molecule is Cc1noc(C)c1CCC(=O)N1CC[C@H](O)[C@@]2(CCCNC2=O)C1. The van der Waals surface area contributed by atoms with E-state index in [1.54, 1.807) is 4.90 Å². The van der Waals surface area contributed by atoms with E-state index in [0.29, 0.717) is 45.3 Å². The van der Waals surface area contributed by atoms with Gasteiger partial charge in [0.2, 0.25) is 11.8 Å². The van der Waals surface area contributed by atoms with Crippen LogP contribution in [0.15, 0.2) is 4.52 Å². The lowest BCUT2D eigenvalue weighted by Crippen LogP contribution is -2.62. The minimum Gasteiger partial charge on any atom is -0.392 e. The van der Waals surface area contributed by atoms with Crippen molar-refractivity contribution < 1.29 is 19.2 Å². The molecule has 0 saturated carbocycles. The molecule has 24 heavy (non-hydrogen) atoms. The molecular formula is C17H25N3O4. The molecular weight excluding hydrogens is 310 g/mol. The monoisotopic (exact) mass is 335 g/mol. The van der Waals surface area contributed by atoms with Crippen LogP contribution in [0.1, 0.15) is 42.7 Å². The van der Waals surface area contributed by atoms with Crippen molar-refractivity contribution in [3.05, 3.63) is 17.0 Å². The summed E-state index contributed by atoms with van der Waals surface area (Å²) in [5, 5.41) is 17.1. The van der Waals surface area contributed by atoms with Gasteiger partial charge in [-0.05, 0) is 39.5 Å². The number of rotatable bonds is 3. The van der Waals surface area contributed by atoms with E-state index in [4.69, 9.17) is 4.52 Å². The molecule has 1 aromatic heterocycles. The second-order valence-corrected chi connectivity index (χ2v) is 6.94. The standard InChI is InChI=1S/C17H25N3O4/c1-11-13(12(2)24-19-11)4-5-15(22)20-9-6-14(21)17(10-20)7-3-8-18-16(17)23/h14,21H,3-10H2,1-2H3,(H,18,23)/t14-,17+/m0/s1. The van der Waals surface area contributed by atoms with Crippen LogP contribution in [0.3, 0.4) is 0 Å². The highest BCUT2D eigenvalue weighted by Gasteiger charge is 2.50. The van der Waals surface area contributed by atoms with Gasteiger partial charge in [0.05, 0.1) is 17.2 Å². The summed E-state index contributed by atoms with van der Waals surface area (Å²) in [5.41, 5.74) is 0.956. The highest BCUT2D eigenvalue weighted by molar-refractivity contribution is 5.86. The predicted octanol–water partition coefficient (Wildman–Crippen LogP) is 0.714. The van der Waals surface area contributed by atoms with Crippen LogP contribution in [-0.2, 0) is 16.0 Å². The number of nitrogens with zero attached hydrogens (tertiary/aromatic N) is 2. The van der Waals surface area contributed by atoms with Crippen LogP contribution in [0, 0.1) is 19.3 Å². The first-order chi connectivity index (χ1) is 11.4. The molecule has 2 fully saturated rings. The molecule has 3 rings (SSSR count). The van der Waals surface area contributed by atoms with E-state index < -0.39 is 11.5 Å². The number of carbonyl (C=O) groups excluding carboxylic acids is 2. The lowest BCUT2D eigenvalue weighted by Gasteiger charge is -2.46. The summed E-state index contributed by atoms with van der Waals surface area (Å²) in [6.07, 6.45) is 2.18. The van der Waals surface area contributed by atoms with Gasteiger partial charge in [-0.1, -0.05) is 5.16 Å². The molecule has 0 radical (unpaired) electrons. The summed E-state index contributed by atoms with van der Waals surface area (Å²) in [6.45, 7) is 5.16. The molecule has 2 amide bonds. The predicted molar refractivity (Wildman–Crippen MR) is 86.2 cm³/mol. The fourth-order valence-corrected chi connectivity index (χ4v) is 3.91. The number of aryl methyl sites for hydroxylation is 2. The van der Waals surface area contributed by atoms with Crippen LogP contribution in [0.4, 0.5) is 0 Å². The van der Waals surface area contributed by atoms with Gasteiger partial charge >= 0.3 is 0 Å². The molecule has 2 N–H and O–H groups in total. The maximum atomic E-state index is 12.6. The van der Waals surface area contributed by atoms with E-state index in [9.17, 15) is 14.7 Å². The van der Waals surface area contributed by atoms with Gasteiger partial charge in [0.25, 0.3) is 0 Å². The third-order valence-corrected chi connectivity index (χ3v) is 5.44. The Morgan fingerprint density at radius 3 is 2.96 bits per heavy atom. The molecule has 0 bridgehead atoms. The molecule has 2 saturated heterocycles. The molecule has 2 atom stereocenters. The molecule has 2 aliphatic rings. The van der Waals surface area contributed by atoms with E-state index in [0.717, 1.165) is 23.4 Å². The van der Waals surface area contributed by atoms with Crippen LogP contribution in [0.2, 0.25) is 0 Å². The van der Waals surface area contributed by atoms with Crippen LogP contribution in [-0.4, -0.2) is 52.7 Å². The molecule has 0 unspecified atom stereocenters. The Bertz CT molecular complexity index is 622. The first-order valence-corrected chi connectivity index (χ1v) is 8.60. The number of aromatic nitrogens is 1. The van der Waals surface area contributed by atoms with Crippen molar-refractivity contribution >= 4 is 11.8 Å². The average molecular weight is 335 g/mol. The zero-order valence-corrected chi connectivity index (χ0v) is 14.3. The first-order valence-electron chi connectivity index (χ1n) is 8.60. The van der Waals surface area contributed by atoms with Crippen molar-refractivity contribution in [1.29, 1.82) is 0 Å². The first kappa shape index (κ1) is 17.0. The summed E-state index contributed by atoms with van der Waals surface area (Å²) >= 11 is 0. The van der Waals surface area contributed by atoms with Gasteiger partial charge in [-0.3, -0.25) is 9.59 Å². The maximum Gasteiger partial charge on any atom is 0.230 e. The van der Waals surface area contributed by atoms with E-state index in [1.165, 1.54) is 0 Å². The Morgan fingerprint density at radius 1 is 1.50 bits per heavy atom. The summed E-state index contributed by atoms with van der Waals surface area (Å²) < 4.78 is 5.13. The normalized spacial score (nSPS) is 27.4. The molecule has 3 heterocycles. The van der Waals surface area contributed by atoms with Crippen molar-refractivity contribution in [3.63, 3.8) is 0 Å². The third kappa shape index (κ3) is 2.92. The zero-order valence-electron chi connectivity index (χ0n) is 14.3. The van der Waals surface area contributed by atoms with Crippen LogP contribution in [0.25, 0.3) is 0 Å². The number of carbonyl (C=O) groups is 2. The topological polar surface area (TPSA) is 95.7 Å². The van der Waals surface area contributed by atoms with Crippen molar-refractivity contribution in [1.82, 2.24) is 15.4 Å². The second kappa shape index (κ2) is 6.55. The zero-order chi connectivity index (χ0) is 17.3. The number of nitrogens with one attached hydrogen (secondary N) is 1. The quantitative estimate of drug-likeness (QED) is 0.848. The number of hydrogen-bond donors (Lipinski definition) is 2. The smallest absolute Gasteiger partial charge is 0.230 e. The average Bonchev–Trinajstić information content (AvgIpc) is 2.89. The number of piperidine rings is 2. The number of aliphatic hydroxyl groups is 1. The molecule has 2 aliphatic heterocycles. The molecule has 1 aromatic rings. The van der Waals surface area contributed by atoms with Crippen molar-refractivity contribution in [3.8, 4) is 0 Å². The number of aliphatic hydroxyl groups excluding tert-OH is 1. The van der Waals surface area contributed by atoms with Crippen molar-refractivity contribution in [2.45, 2.75) is 52.1 Å². The number of hydrogen-bond acceptors (Lipinski definition) is 5. The minimum atomic E-state index is -0.838. The summed E-state index contributed by atoms with van der Waals surface area (Å²) in [5.74, 6) is 0.640. The highest BCUT2D eigenvalue weighted by Crippen LogP contribution is 2.37. The van der Waals surface area contributed by atoms with Gasteiger partial charge in [0.1, 0.15) is 5.76 Å². The molecule has 0 aromatic carbocycles. The largest absolute Gasteiger partial charge is 0.392 e. The second-order valence-electron chi connectivity index (χ2n) is 6.94. The Kier molecular flexibility index (Phi) is 4.62. The maximum absolute atomic E-state index is 12.6. The van der Waals surface area contributed by atoms with Gasteiger partial charge in [-0.25, -0.2) is 0 Å².